The Morgan fingerprint density at radius 1 is 1.09 bits per heavy atom. The first kappa shape index (κ1) is 25.0. The van der Waals surface area contributed by atoms with Crippen molar-refractivity contribution in [2.45, 2.75) is 31.6 Å². The van der Waals surface area contributed by atoms with E-state index in [-0.39, 0.29) is 23.6 Å². The van der Waals surface area contributed by atoms with Gasteiger partial charge in [-0.25, -0.2) is 9.97 Å². The van der Waals surface area contributed by atoms with Gasteiger partial charge in [-0.2, -0.15) is 0 Å². The molecule has 35 heavy (non-hydrogen) atoms. The Bertz CT molecular complexity index is 1180. The first-order valence-electron chi connectivity index (χ1n) is 11.5. The van der Waals surface area contributed by atoms with Crippen molar-refractivity contribution in [3.8, 4) is 0 Å². The van der Waals surface area contributed by atoms with Crippen LogP contribution in [0.25, 0.3) is 0 Å². The number of carbonyl (C=O) groups is 2. The number of benzene rings is 2. The van der Waals surface area contributed by atoms with Gasteiger partial charge in [0.05, 0.1) is 5.75 Å². The van der Waals surface area contributed by atoms with Crippen molar-refractivity contribution in [2.24, 2.45) is 0 Å². The van der Waals surface area contributed by atoms with Crippen LogP contribution in [0.4, 0.5) is 5.82 Å². The number of piperazine rings is 1. The molecule has 0 spiro atoms. The van der Waals surface area contributed by atoms with Crippen LogP contribution >= 0.6 is 23.4 Å². The number of aromatic nitrogens is 2. The van der Waals surface area contributed by atoms with Crippen molar-refractivity contribution in [3.63, 3.8) is 0 Å². The first-order chi connectivity index (χ1) is 16.9. The van der Waals surface area contributed by atoms with E-state index >= 15 is 0 Å². The number of aryl methyl sites for hydroxylation is 1. The van der Waals surface area contributed by atoms with Crippen LogP contribution in [0.3, 0.4) is 0 Å². The van der Waals surface area contributed by atoms with E-state index in [1.165, 1.54) is 11.8 Å². The molecule has 1 aliphatic rings. The minimum Gasteiger partial charge on any atom is -0.353 e. The molecule has 182 valence electrons. The fourth-order valence-corrected chi connectivity index (χ4v) is 4.83. The van der Waals surface area contributed by atoms with Crippen LogP contribution in [0.2, 0.25) is 5.15 Å². The molecule has 0 aliphatic carbocycles. The highest BCUT2D eigenvalue weighted by Gasteiger charge is 2.29. The lowest BCUT2D eigenvalue weighted by Gasteiger charge is -2.40. The van der Waals surface area contributed by atoms with Crippen LogP contribution in [0.5, 0.6) is 0 Å². The average Bonchev–Trinajstić information content (AvgIpc) is 2.86. The van der Waals surface area contributed by atoms with Crippen molar-refractivity contribution in [1.29, 1.82) is 0 Å². The monoisotopic (exact) mass is 509 g/mol. The summed E-state index contributed by atoms with van der Waals surface area (Å²) < 4.78 is 0. The number of nitrogens with zero attached hydrogens (tertiary/aromatic N) is 4. The van der Waals surface area contributed by atoms with E-state index in [0.717, 1.165) is 11.1 Å². The highest BCUT2D eigenvalue weighted by Crippen LogP contribution is 2.24. The summed E-state index contributed by atoms with van der Waals surface area (Å²) >= 11 is 7.53. The minimum absolute atomic E-state index is 0.00570. The van der Waals surface area contributed by atoms with Crippen molar-refractivity contribution in [1.82, 2.24) is 20.2 Å². The summed E-state index contributed by atoms with van der Waals surface area (Å²) in [5.74, 6) is 0.838. The summed E-state index contributed by atoms with van der Waals surface area (Å²) in [4.78, 5) is 38.2. The fourth-order valence-electron chi connectivity index (χ4n) is 3.92. The fraction of sp³-hybridized carbons (Fsp3) is 0.308. The van der Waals surface area contributed by atoms with E-state index in [2.05, 4.69) is 20.2 Å². The van der Waals surface area contributed by atoms with Gasteiger partial charge in [-0.1, -0.05) is 71.4 Å². The van der Waals surface area contributed by atoms with Gasteiger partial charge >= 0.3 is 0 Å². The molecule has 3 aromatic rings. The van der Waals surface area contributed by atoms with Crippen molar-refractivity contribution in [2.75, 3.05) is 30.3 Å². The molecule has 9 heteroatoms. The number of thioether (sulfide) groups is 1. The van der Waals surface area contributed by atoms with Crippen molar-refractivity contribution in [3.05, 3.63) is 82.5 Å². The van der Waals surface area contributed by atoms with Gasteiger partial charge in [0.15, 0.2) is 5.16 Å². The lowest BCUT2D eigenvalue weighted by Crippen LogP contribution is -2.54. The number of hydrogen-bond acceptors (Lipinski definition) is 6. The van der Waals surface area contributed by atoms with E-state index in [1.807, 2.05) is 73.3 Å². The molecule has 1 aromatic heterocycles. The van der Waals surface area contributed by atoms with Crippen LogP contribution in [0.1, 0.15) is 28.4 Å². The Labute approximate surface area is 214 Å². The maximum atomic E-state index is 13.0. The quantitative estimate of drug-likeness (QED) is 0.292. The number of hydrogen-bond donors (Lipinski definition) is 1. The van der Waals surface area contributed by atoms with Crippen LogP contribution in [-0.2, 0) is 11.3 Å². The van der Waals surface area contributed by atoms with Gasteiger partial charge in [0.25, 0.3) is 5.91 Å². The molecule has 2 amide bonds. The second-order valence-electron chi connectivity index (χ2n) is 8.54. The Kier molecular flexibility index (Phi) is 8.25. The summed E-state index contributed by atoms with van der Waals surface area (Å²) in [7, 11) is 0. The van der Waals surface area contributed by atoms with Gasteiger partial charge in [0.2, 0.25) is 5.91 Å². The Morgan fingerprint density at radius 2 is 1.83 bits per heavy atom. The summed E-state index contributed by atoms with van der Waals surface area (Å²) in [6, 6.07) is 19.2. The third-order valence-electron chi connectivity index (χ3n) is 5.84. The predicted molar refractivity (Wildman–Crippen MR) is 140 cm³/mol. The van der Waals surface area contributed by atoms with Gasteiger partial charge in [0.1, 0.15) is 11.0 Å². The van der Waals surface area contributed by atoms with E-state index in [4.69, 9.17) is 11.6 Å². The molecule has 2 aromatic carbocycles. The molecule has 1 saturated heterocycles. The Morgan fingerprint density at radius 3 is 2.54 bits per heavy atom. The van der Waals surface area contributed by atoms with Gasteiger partial charge < -0.3 is 15.1 Å². The van der Waals surface area contributed by atoms with Gasteiger partial charge in [-0.15, -0.1) is 0 Å². The number of nitrogens with one attached hydrogen (secondary N) is 1. The number of halogens is 1. The molecule has 4 rings (SSSR count). The molecule has 7 nitrogen and oxygen atoms in total. The minimum atomic E-state index is -0.0965. The molecule has 1 fully saturated rings. The lowest BCUT2D eigenvalue weighted by atomic mass is 10.1. The van der Waals surface area contributed by atoms with Crippen LogP contribution in [0, 0.1) is 6.92 Å². The van der Waals surface area contributed by atoms with E-state index in [9.17, 15) is 9.59 Å². The largest absolute Gasteiger partial charge is 0.353 e. The topological polar surface area (TPSA) is 78.4 Å². The zero-order valence-corrected chi connectivity index (χ0v) is 21.4. The van der Waals surface area contributed by atoms with Crippen molar-refractivity contribution >= 4 is 41.0 Å². The number of carbonyl (C=O) groups excluding carboxylic acids is 2. The second kappa shape index (κ2) is 11.6. The first-order valence-corrected chi connectivity index (χ1v) is 12.9. The standard InChI is InChI=1S/C26H28ClN5O2S/c1-18-8-10-21(11-9-18)25(34)32-13-12-31(16-19(32)2)23-14-22(27)29-26(30-23)35-17-24(33)28-15-20-6-4-3-5-7-20/h3-11,14,19H,12-13,15-17H2,1-2H3,(H,28,33). The number of rotatable bonds is 7. The van der Waals surface area contributed by atoms with Crippen LogP contribution in [-0.4, -0.2) is 58.1 Å². The maximum Gasteiger partial charge on any atom is 0.254 e. The predicted octanol–water partition coefficient (Wildman–Crippen LogP) is 4.20. The second-order valence-corrected chi connectivity index (χ2v) is 9.87. The number of amides is 2. The molecule has 1 aliphatic heterocycles. The van der Waals surface area contributed by atoms with Gasteiger partial charge in [-0.3, -0.25) is 9.59 Å². The third-order valence-corrected chi connectivity index (χ3v) is 6.88. The van der Waals surface area contributed by atoms with Crippen LogP contribution in [0.15, 0.2) is 65.8 Å². The molecule has 0 bridgehead atoms. The molecular formula is C26H28ClN5O2S. The third kappa shape index (κ3) is 6.74. The molecular weight excluding hydrogens is 482 g/mol. The average molecular weight is 510 g/mol. The summed E-state index contributed by atoms with van der Waals surface area (Å²) in [5, 5.41) is 3.68. The summed E-state index contributed by atoms with van der Waals surface area (Å²) in [5.41, 5.74) is 2.87. The molecule has 2 heterocycles. The summed E-state index contributed by atoms with van der Waals surface area (Å²) in [6.07, 6.45) is 0. The van der Waals surface area contributed by atoms with Crippen LogP contribution < -0.4 is 10.2 Å². The highest BCUT2D eigenvalue weighted by atomic mass is 35.5. The Hall–Kier alpha value is -3.10. The lowest BCUT2D eigenvalue weighted by molar-refractivity contribution is -0.118. The normalized spacial score (nSPS) is 15.7. The molecule has 0 saturated carbocycles. The molecule has 1 N–H and O–H groups in total. The summed E-state index contributed by atoms with van der Waals surface area (Å²) in [6.45, 7) is 6.37. The van der Waals surface area contributed by atoms with Crippen molar-refractivity contribution < 1.29 is 9.59 Å². The number of anilines is 1. The SMILES string of the molecule is Cc1ccc(C(=O)N2CCN(c3cc(Cl)nc(SCC(=O)NCc4ccccc4)n3)CC2C)cc1. The van der Waals surface area contributed by atoms with E-state index in [0.29, 0.717) is 47.9 Å². The smallest absolute Gasteiger partial charge is 0.254 e. The maximum absolute atomic E-state index is 13.0. The van der Waals surface area contributed by atoms with Gasteiger partial charge in [0, 0.05) is 43.9 Å². The van der Waals surface area contributed by atoms with Gasteiger partial charge in [-0.05, 0) is 31.5 Å². The molecule has 0 radical (unpaired) electrons. The van der Waals surface area contributed by atoms with E-state index in [1.54, 1.807) is 6.07 Å². The Balaban J connectivity index is 1.34. The zero-order valence-electron chi connectivity index (χ0n) is 19.8. The van der Waals surface area contributed by atoms with E-state index < -0.39 is 0 Å². The molecule has 1 atom stereocenters. The highest BCUT2D eigenvalue weighted by molar-refractivity contribution is 7.99. The molecule has 1 unspecified atom stereocenters. The zero-order chi connectivity index (χ0) is 24.8.